The maximum atomic E-state index is 11.7. The molecule has 1 aromatic carbocycles. The summed E-state index contributed by atoms with van der Waals surface area (Å²) in [6, 6.07) is 6.23. The Morgan fingerprint density at radius 3 is 2.75 bits per heavy atom. The van der Waals surface area contributed by atoms with Gasteiger partial charge in [-0.25, -0.2) is 0 Å². The summed E-state index contributed by atoms with van der Waals surface area (Å²) >= 11 is 0. The first kappa shape index (κ1) is 12.5. The standard InChI is InChI=1S/C12H17NO3/c1-12(2,16-3)8-13-11(15)9-5-4-6-10(14)7-9/h4-7,14H,8H2,1-3H3,(H,13,15). The van der Waals surface area contributed by atoms with Gasteiger partial charge in [-0.1, -0.05) is 6.07 Å². The molecule has 1 aromatic rings. The Morgan fingerprint density at radius 2 is 2.19 bits per heavy atom. The third kappa shape index (κ3) is 3.55. The topological polar surface area (TPSA) is 58.6 Å². The number of hydrogen-bond acceptors (Lipinski definition) is 3. The summed E-state index contributed by atoms with van der Waals surface area (Å²) < 4.78 is 5.18. The molecule has 0 bridgehead atoms. The molecule has 0 radical (unpaired) electrons. The van der Waals surface area contributed by atoms with E-state index in [1.165, 1.54) is 12.1 Å². The van der Waals surface area contributed by atoms with Crippen molar-refractivity contribution < 1.29 is 14.6 Å². The molecule has 4 nitrogen and oxygen atoms in total. The van der Waals surface area contributed by atoms with E-state index in [2.05, 4.69) is 5.32 Å². The maximum Gasteiger partial charge on any atom is 0.251 e. The summed E-state index contributed by atoms with van der Waals surface area (Å²) in [4.78, 5) is 11.7. The minimum Gasteiger partial charge on any atom is -0.508 e. The number of hydrogen-bond donors (Lipinski definition) is 2. The van der Waals surface area contributed by atoms with Crippen LogP contribution in [0.1, 0.15) is 24.2 Å². The van der Waals surface area contributed by atoms with Crippen LogP contribution >= 0.6 is 0 Å². The molecule has 0 fully saturated rings. The molecule has 16 heavy (non-hydrogen) atoms. The highest BCUT2D eigenvalue weighted by Crippen LogP contribution is 2.11. The van der Waals surface area contributed by atoms with Gasteiger partial charge in [0.15, 0.2) is 0 Å². The average molecular weight is 223 g/mol. The molecule has 0 aromatic heterocycles. The van der Waals surface area contributed by atoms with Gasteiger partial charge in [0.2, 0.25) is 0 Å². The molecule has 0 aliphatic heterocycles. The maximum absolute atomic E-state index is 11.7. The van der Waals surface area contributed by atoms with Gasteiger partial charge in [-0.05, 0) is 32.0 Å². The van der Waals surface area contributed by atoms with Gasteiger partial charge in [0.05, 0.1) is 5.60 Å². The molecule has 1 rings (SSSR count). The number of aromatic hydroxyl groups is 1. The normalized spacial score (nSPS) is 11.2. The van der Waals surface area contributed by atoms with E-state index in [1.807, 2.05) is 13.8 Å². The number of carbonyl (C=O) groups excluding carboxylic acids is 1. The summed E-state index contributed by atoms with van der Waals surface area (Å²) in [5.41, 5.74) is 0.0406. The monoisotopic (exact) mass is 223 g/mol. The van der Waals surface area contributed by atoms with Crippen LogP contribution in [-0.2, 0) is 4.74 Å². The van der Waals surface area contributed by atoms with Crippen LogP contribution in [0.4, 0.5) is 0 Å². The third-order valence-electron chi connectivity index (χ3n) is 2.34. The SMILES string of the molecule is COC(C)(C)CNC(=O)c1cccc(O)c1. The van der Waals surface area contributed by atoms with Crippen LogP contribution in [-0.4, -0.2) is 30.3 Å². The number of phenols is 1. The Hall–Kier alpha value is -1.55. The fourth-order valence-corrected chi connectivity index (χ4v) is 1.11. The number of nitrogens with one attached hydrogen (secondary N) is 1. The number of rotatable bonds is 4. The summed E-state index contributed by atoms with van der Waals surface area (Å²) in [5, 5.41) is 12.0. The van der Waals surface area contributed by atoms with Crippen molar-refractivity contribution in [2.75, 3.05) is 13.7 Å². The molecule has 0 spiro atoms. The van der Waals surface area contributed by atoms with Gasteiger partial charge < -0.3 is 15.2 Å². The van der Waals surface area contributed by atoms with Gasteiger partial charge in [-0.3, -0.25) is 4.79 Å². The van der Waals surface area contributed by atoms with Crippen molar-refractivity contribution in [3.63, 3.8) is 0 Å². The molecule has 88 valence electrons. The first-order valence-electron chi connectivity index (χ1n) is 5.07. The van der Waals surface area contributed by atoms with Crippen LogP contribution in [0.3, 0.4) is 0 Å². The number of phenolic OH excluding ortho intramolecular Hbond substituents is 1. The average Bonchev–Trinajstić information content (AvgIpc) is 2.26. The number of ether oxygens (including phenoxy) is 1. The summed E-state index contributed by atoms with van der Waals surface area (Å²) in [6.07, 6.45) is 0. The Kier molecular flexibility index (Phi) is 3.90. The third-order valence-corrected chi connectivity index (χ3v) is 2.34. The predicted molar refractivity (Wildman–Crippen MR) is 61.5 cm³/mol. The van der Waals surface area contributed by atoms with E-state index >= 15 is 0 Å². The minimum atomic E-state index is -0.396. The van der Waals surface area contributed by atoms with Crippen LogP contribution in [0.15, 0.2) is 24.3 Å². The summed E-state index contributed by atoms with van der Waals surface area (Å²) in [6.45, 7) is 4.18. The molecule has 2 N–H and O–H groups in total. The van der Waals surface area contributed by atoms with Crippen LogP contribution in [0.25, 0.3) is 0 Å². The van der Waals surface area contributed by atoms with Gasteiger partial charge in [-0.2, -0.15) is 0 Å². The van der Waals surface area contributed by atoms with Gasteiger partial charge in [0.25, 0.3) is 5.91 Å². The van der Waals surface area contributed by atoms with E-state index < -0.39 is 5.60 Å². The summed E-state index contributed by atoms with van der Waals surface area (Å²) in [7, 11) is 1.60. The molecule has 1 amide bonds. The van der Waals surface area contributed by atoms with E-state index in [-0.39, 0.29) is 11.7 Å². The number of methoxy groups -OCH3 is 1. The lowest BCUT2D eigenvalue weighted by Crippen LogP contribution is -2.39. The van der Waals surface area contributed by atoms with Crippen LogP contribution in [0, 0.1) is 0 Å². The Labute approximate surface area is 95.2 Å². The molecule has 0 atom stereocenters. The predicted octanol–water partition coefficient (Wildman–Crippen LogP) is 1.55. The fourth-order valence-electron chi connectivity index (χ4n) is 1.11. The molecular formula is C12H17NO3. The van der Waals surface area contributed by atoms with Crippen molar-refractivity contribution in [2.24, 2.45) is 0 Å². The molecule has 0 heterocycles. The molecule has 0 saturated carbocycles. The molecule has 0 aliphatic rings. The highest BCUT2D eigenvalue weighted by molar-refractivity contribution is 5.94. The van der Waals surface area contributed by atoms with Gasteiger partial charge in [0, 0.05) is 19.2 Å². The summed E-state index contributed by atoms with van der Waals surface area (Å²) in [5.74, 6) is -0.139. The number of carbonyl (C=O) groups is 1. The Balaban J connectivity index is 2.60. The van der Waals surface area contributed by atoms with E-state index in [4.69, 9.17) is 4.74 Å². The van der Waals surface area contributed by atoms with Gasteiger partial charge >= 0.3 is 0 Å². The first-order chi connectivity index (χ1) is 7.44. The lowest BCUT2D eigenvalue weighted by molar-refractivity contribution is 0.0229. The van der Waals surface area contributed by atoms with Crippen molar-refractivity contribution >= 4 is 5.91 Å². The Bertz CT molecular complexity index is 374. The zero-order valence-electron chi connectivity index (χ0n) is 9.78. The van der Waals surface area contributed by atoms with Gasteiger partial charge in [0.1, 0.15) is 5.75 Å². The van der Waals surface area contributed by atoms with E-state index in [0.29, 0.717) is 12.1 Å². The second-order valence-corrected chi connectivity index (χ2v) is 4.20. The molecule has 4 heteroatoms. The zero-order chi connectivity index (χ0) is 12.2. The fraction of sp³-hybridized carbons (Fsp3) is 0.417. The molecule has 0 aliphatic carbocycles. The van der Waals surface area contributed by atoms with E-state index in [9.17, 15) is 9.90 Å². The van der Waals surface area contributed by atoms with Crippen molar-refractivity contribution in [2.45, 2.75) is 19.4 Å². The molecular weight excluding hydrogens is 206 g/mol. The highest BCUT2D eigenvalue weighted by atomic mass is 16.5. The highest BCUT2D eigenvalue weighted by Gasteiger charge is 2.17. The lowest BCUT2D eigenvalue weighted by atomic mass is 10.1. The smallest absolute Gasteiger partial charge is 0.251 e. The number of amides is 1. The van der Waals surface area contributed by atoms with Crippen molar-refractivity contribution in [3.05, 3.63) is 29.8 Å². The van der Waals surface area contributed by atoms with Crippen LogP contribution < -0.4 is 5.32 Å². The largest absolute Gasteiger partial charge is 0.508 e. The molecule has 0 unspecified atom stereocenters. The van der Waals surface area contributed by atoms with E-state index in [1.54, 1.807) is 19.2 Å². The lowest BCUT2D eigenvalue weighted by Gasteiger charge is -2.23. The van der Waals surface area contributed by atoms with Crippen molar-refractivity contribution in [1.82, 2.24) is 5.32 Å². The first-order valence-corrected chi connectivity index (χ1v) is 5.07. The quantitative estimate of drug-likeness (QED) is 0.814. The second kappa shape index (κ2) is 4.99. The Morgan fingerprint density at radius 1 is 1.50 bits per heavy atom. The van der Waals surface area contributed by atoms with Crippen molar-refractivity contribution in [1.29, 1.82) is 0 Å². The van der Waals surface area contributed by atoms with Crippen molar-refractivity contribution in [3.8, 4) is 5.75 Å². The van der Waals surface area contributed by atoms with Crippen LogP contribution in [0.2, 0.25) is 0 Å². The number of benzene rings is 1. The zero-order valence-corrected chi connectivity index (χ0v) is 9.78. The van der Waals surface area contributed by atoms with E-state index in [0.717, 1.165) is 0 Å². The second-order valence-electron chi connectivity index (χ2n) is 4.20. The van der Waals surface area contributed by atoms with Gasteiger partial charge in [-0.15, -0.1) is 0 Å². The molecule has 0 saturated heterocycles. The van der Waals surface area contributed by atoms with Crippen LogP contribution in [0.5, 0.6) is 5.75 Å². The minimum absolute atomic E-state index is 0.0821.